The van der Waals surface area contributed by atoms with Crippen LogP contribution in [0.25, 0.3) is 0 Å². The summed E-state index contributed by atoms with van der Waals surface area (Å²) in [5.74, 6) is 0.650. The average molecular weight is 241 g/mol. The lowest BCUT2D eigenvalue weighted by Crippen LogP contribution is -2.54. The molecule has 1 aliphatic heterocycles. The molecule has 0 aromatic carbocycles. The molecule has 1 N–H and O–H groups in total. The van der Waals surface area contributed by atoms with Gasteiger partial charge < -0.3 is 5.21 Å². The van der Waals surface area contributed by atoms with Crippen molar-refractivity contribution in [1.29, 1.82) is 0 Å². The molecule has 1 aromatic heterocycles. The molecule has 0 spiro atoms. The van der Waals surface area contributed by atoms with E-state index >= 15 is 0 Å². The SMILES string of the molecule is Cc1nc2c(n1O)SN(C)C(C)(C)C2(C)C. The van der Waals surface area contributed by atoms with E-state index in [-0.39, 0.29) is 11.0 Å². The number of hydrogen-bond acceptors (Lipinski definition) is 4. The first-order valence-corrected chi connectivity index (χ1v) is 6.18. The molecule has 0 bridgehead atoms. The minimum Gasteiger partial charge on any atom is -0.426 e. The van der Waals surface area contributed by atoms with Crippen LogP contribution in [0.3, 0.4) is 0 Å². The summed E-state index contributed by atoms with van der Waals surface area (Å²) in [5.41, 5.74) is 0.882. The Balaban J connectivity index is 2.67. The molecule has 0 atom stereocenters. The summed E-state index contributed by atoms with van der Waals surface area (Å²) in [7, 11) is 2.05. The highest BCUT2D eigenvalue weighted by Gasteiger charge is 2.49. The van der Waals surface area contributed by atoms with Gasteiger partial charge in [0, 0.05) is 11.0 Å². The van der Waals surface area contributed by atoms with Crippen LogP contribution in [-0.4, -0.2) is 31.8 Å². The van der Waals surface area contributed by atoms with Crippen LogP contribution in [0.5, 0.6) is 0 Å². The van der Waals surface area contributed by atoms with Gasteiger partial charge >= 0.3 is 0 Å². The second-order valence-electron chi connectivity index (χ2n) is 5.40. The first-order valence-electron chi connectivity index (χ1n) is 5.40. The average Bonchev–Trinajstić information content (AvgIpc) is 2.44. The summed E-state index contributed by atoms with van der Waals surface area (Å²) in [4.78, 5) is 4.50. The molecule has 90 valence electrons. The molecule has 0 unspecified atom stereocenters. The molecule has 0 radical (unpaired) electrons. The number of nitrogens with zero attached hydrogens (tertiary/aromatic N) is 3. The largest absolute Gasteiger partial charge is 0.426 e. The van der Waals surface area contributed by atoms with Crippen molar-refractivity contribution in [3.8, 4) is 0 Å². The molecule has 16 heavy (non-hydrogen) atoms. The van der Waals surface area contributed by atoms with Gasteiger partial charge in [0.1, 0.15) is 5.82 Å². The van der Waals surface area contributed by atoms with Gasteiger partial charge in [0.05, 0.1) is 5.69 Å². The number of imidazole rings is 1. The Hall–Kier alpha value is -0.680. The fourth-order valence-corrected chi connectivity index (χ4v) is 3.23. The normalized spacial score (nSPS) is 23.1. The van der Waals surface area contributed by atoms with E-state index in [4.69, 9.17) is 0 Å². The second-order valence-corrected chi connectivity index (χ2v) is 6.51. The van der Waals surface area contributed by atoms with Gasteiger partial charge in [0.25, 0.3) is 0 Å². The van der Waals surface area contributed by atoms with Crippen molar-refractivity contribution < 1.29 is 5.21 Å². The smallest absolute Gasteiger partial charge is 0.152 e. The van der Waals surface area contributed by atoms with Crippen LogP contribution in [0.4, 0.5) is 0 Å². The van der Waals surface area contributed by atoms with Crippen LogP contribution < -0.4 is 0 Å². The van der Waals surface area contributed by atoms with E-state index in [1.165, 1.54) is 4.73 Å². The first kappa shape index (κ1) is 11.8. The van der Waals surface area contributed by atoms with Gasteiger partial charge in [-0.2, -0.15) is 4.73 Å². The summed E-state index contributed by atoms with van der Waals surface area (Å²) in [6, 6.07) is 0. The van der Waals surface area contributed by atoms with Crippen LogP contribution >= 0.6 is 11.9 Å². The fourth-order valence-electron chi connectivity index (χ4n) is 1.92. The predicted molar refractivity (Wildman–Crippen MR) is 64.9 cm³/mol. The lowest BCUT2D eigenvalue weighted by Gasteiger charge is -2.49. The van der Waals surface area contributed by atoms with E-state index in [9.17, 15) is 5.21 Å². The zero-order chi connectivity index (χ0) is 12.3. The first-order chi connectivity index (χ1) is 7.19. The van der Waals surface area contributed by atoms with Crippen LogP contribution in [-0.2, 0) is 5.41 Å². The van der Waals surface area contributed by atoms with Gasteiger partial charge in [0.15, 0.2) is 5.03 Å². The van der Waals surface area contributed by atoms with Gasteiger partial charge in [-0.05, 0) is 39.8 Å². The Kier molecular flexibility index (Phi) is 2.34. The molecular weight excluding hydrogens is 222 g/mol. The molecule has 4 nitrogen and oxygen atoms in total. The molecular formula is C11H19N3OS. The number of aryl methyl sites for hydroxylation is 1. The quantitative estimate of drug-likeness (QED) is 0.559. The van der Waals surface area contributed by atoms with E-state index in [1.54, 1.807) is 11.9 Å². The van der Waals surface area contributed by atoms with E-state index in [0.717, 1.165) is 10.7 Å². The van der Waals surface area contributed by atoms with Crippen molar-refractivity contribution in [1.82, 2.24) is 14.0 Å². The van der Waals surface area contributed by atoms with Crippen molar-refractivity contribution in [2.24, 2.45) is 0 Å². The highest BCUT2D eigenvalue weighted by molar-refractivity contribution is 7.97. The molecule has 0 amide bonds. The van der Waals surface area contributed by atoms with Gasteiger partial charge in [-0.25, -0.2) is 9.29 Å². The summed E-state index contributed by atoms with van der Waals surface area (Å²) >= 11 is 1.55. The van der Waals surface area contributed by atoms with Gasteiger partial charge in [-0.3, -0.25) is 0 Å². The molecule has 0 saturated carbocycles. The number of fused-ring (bicyclic) bond motifs is 1. The predicted octanol–water partition coefficient (Wildman–Crippen LogP) is 2.44. The zero-order valence-corrected chi connectivity index (χ0v) is 11.5. The lowest BCUT2D eigenvalue weighted by molar-refractivity contribution is 0.128. The number of likely N-dealkylation sites (N-methyl/N-ethyl adjacent to an activating group) is 1. The van der Waals surface area contributed by atoms with Crippen molar-refractivity contribution in [3.05, 3.63) is 11.5 Å². The molecule has 1 aliphatic rings. The minimum atomic E-state index is -0.0962. The summed E-state index contributed by atoms with van der Waals surface area (Å²) in [6.45, 7) is 10.6. The third-order valence-corrected chi connectivity index (χ3v) is 5.38. The molecule has 2 heterocycles. The maximum Gasteiger partial charge on any atom is 0.152 e. The summed E-state index contributed by atoms with van der Waals surface area (Å²) in [6.07, 6.45) is 0. The summed E-state index contributed by atoms with van der Waals surface area (Å²) in [5, 5.41) is 10.7. The lowest BCUT2D eigenvalue weighted by atomic mass is 9.72. The van der Waals surface area contributed by atoms with Crippen molar-refractivity contribution in [2.45, 2.75) is 50.6 Å². The third-order valence-electron chi connectivity index (χ3n) is 4.11. The van der Waals surface area contributed by atoms with Crippen LogP contribution in [0.15, 0.2) is 5.03 Å². The minimum absolute atomic E-state index is 0.00847. The number of aromatic nitrogens is 2. The van der Waals surface area contributed by atoms with Crippen molar-refractivity contribution in [3.63, 3.8) is 0 Å². The van der Waals surface area contributed by atoms with Crippen LogP contribution in [0, 0.1) is 6.92 Å². The fraction of sp³-hybridized carbons (Fsp3) is 0.727. The van der Waals surface area contributed by atoms with Crippen molar-refractivity contribution in [2.75, 3.05) is 7.05 Å². The molecule has 2 rings (SSSR count). The molecule has 5 heteroatoms. The Labute approximate surface area is 101 Å². The Morgan fingerprint density at radius 3 is 2.38 bits per heavy atom. The topological polar surface area (TPSA) is 41.3 Å². The van der Waals surface area contributed by atoms with E-state index in [2.05, 4.69) is 44.0 Å². The zero-order valence-electron chi connectivity index (χ0n) is 10.7. The number of rotatable bonds is 0. The molecule has 0 fully saturated rings. The second kappa shape index (κ2) is 3.17. The Bertz CT molecular complexity index is 437. The van der Waals surface area contributed by atoms with Crippen molar-refractivity contribution >= 4 is 11.9 Å². The van der Waals surface area contributed by atoms with Crippen LogP contribution in [0.2, 0.25) is 0 Å². The van der Waals surface area contributed by atoms with Gasteiger partial charge in [-0.15, -0.1) is 0 Å². The molecule has 0 aliphatic carbocycles. The Morgan fingerprint density at radius 2 is 1.81 bits per heavy atom. The molecule has 0 saturated heterocycles. The van der Waals surface area contributed by atoms with E-state index in [0.29, 0.717) is 5.82 Å². The summed E-state index contributed by atoms with van der Waals surface area (Å²) < 4.78 is 3.37. The highest BCUT2D eigenvalue weighted by atomic mass is 32.2. The number of hydrogen-bond donors (Lipinski definition) is 1. The standard InChI is InChI=1S/C11H19N3OS/c1-7-12-8-9(14(7)15)16-13(6)11(4,5)10(8,2)3/h15H,1-6H3. The van der Waals surface area contributed by atoms with E-state index < -0.39 is 0 Å². The van der Waals surface area contributed by atoms with E-state index in [1.807, 2.05) is 6.92 Å². The monoisotopic (exact) mass is 241 g/mol. The third kappa shape index (κ3) is 1.24. The van der Waals surface area contributed by atoms with Gasteiger partial charge in [-0.1, -0.05) is 13.8 Å². The highest BCUT2D eigenvalue weighted by Crippen LogP contribution is 2.49. The maximum atomic E-state index is 9.91. The molecule has 1 aromatic rings. The van der Waals surface area contributed by atoms with Gasteiger partial charge in [0.2, 0.25) is 0 Å². The Morgan fingerprint density at radius 1 is 1.25 bits per heavy atom. The van der Waals surface area contributed by atoms with Crippen LogP contribution in [0.1, 0.15) is 39.2 Å². The maximum absolute atomic E-state index is 9.91.